The van der Waals surface area contributed by atoms with Crippen molar-refractivity contribution < 1.29 is 8.42 Å². The number of hydrogen-bond donors (Lipinski definition) is 1. The van der Waals surface area contributed by atoms with Gasteiger partial charge in [0.25, 0.3) is 5.56 Å². The fourth-order valence-corrected chi connectivity index (χ4v) is 3.30. The highest BCUT2D eigenvalue weighted by molar-refractivity contribution is 7.89. The zero-order valence-corrected chi connectivity index (χ0v) is 13.3. The van der Waals surface area contributed by atoms with Crippen LogP contribution >= 0.6 is 0 Å². The maximum absolute atomic E-state index is 12.4. The van der Waals surface area contributed by atoms with Crippen LogP contribution in [0, 0.1) is 0 Å². The molecule has 8 heteroatoms. The molecule has 0 fully saturated rings. The van der Waals surface area contributed by atoms with Crippen molar-refractivity contribution in [1.82, 2.24) is 18.9 Å². The summed E-state index contributed by atoms with van der Waals surface area (Å²) in [5.74, 6) is 0. The number of benzene rings is 1. The van der Waals surface area contributed by atoms with Gasteiger partial charge in [-0.05, 0) is 18.6 Å². The van der Waals surface area contributed by atoms with Gasteiger partial charge in [0, 0.05) is 19.3 Å². The number of nitrogens with zero attached hydrogens (tertiary/aromatic N) is 3. The van der Waals surface area contributed by atoms with Crippen LogP contribution in [0.3, 0.4) is 0 Å². The minimum atomic E-state index is -3.70. The third kappa shape index (κ3) is 3.03. The number of nitrogens with one attached hydrogen (secondary N) is 1. The highest BCUT2D eigenvalue weighted by Crippen LogP contribution is 2.13. The fourth-order valence-electron chi connectivity index (χ4n) is 2.25. The van der Waals surface area contributed by atoms with Crippen molar-refractivity contribution >= 4 is 15.5 Å². The smallest absolute Gasteiger partial charge is 0.291 e. The van der Waals surface area contributed by atoms with Crippen molar-refractivity contribution in [1.29, 1.82) is 0 Å². The summed E-state index contributed by atoms with van der Waals surface area (Å²) in [5, 5.41) is 3.97. The third-order valence-electron chi connectivity index (χ3n) is 3.51. The zero-order chi connectivity index (χ0) is 16.4. The Morgan fingerprint density at radius 3 is 2.65 bits per heavy atom. The first kappa shape index (κ1) is 15.4. The quantitative estimate of drug-likeness (QED) is 0.755. The molecule has 0 saturated carbocycles. The Labute approximate surface area is 133 Å². The summed E-state index contributed by atoms with van der Waals surface area (Å²) in [5.41, 5.74) is 0.816. The average molecular weight is 332 g/mol. The molecule has 23 heavy (non-hydrogen) atoms. The average Bonchev–Trinajstić information content (AvgIpc) is 3.01. The molecule has 0 atom stereocenters. The van der Waals surface area contributed by atoms with Gasteiger partial charge >= 0.3 is 0 Å². The molecule has 0 aliphatic carbocycles. The molecule has 0 saturated heterocycles. The van der Waals surface area contributed by atoms with Gasteiger partial charge in [-0.1, -0.05) is 30.3 Å². The maximum atomic E-state index is 12.4. The lowest BCUT2D eigenvalue weighted by Crippen LogP contribution is -2.23. The summed E-state index contributed by atoms with van der Waals surface area (Å²) < 4.78 is 30.0. The predicted molar refractivity (Wildman–Crippen MR) is 85.6 cm³/mol. The topological polar surface area (TPSA) is 85.5 Å². The van der Waals surface area contributed by atoms with E-state index in [4.69, 9.17) is 0 Å². The standard InChI is InChI=1S/C15H16N4O3S/c1-2-19-15(20)14-8-13(10-18(14)11-16-19)23(21,22)17-9-12-6-4-3-5-7-12/h3-8,10-11,17H,2,9H2,1H3. The van der Waals surface area contributed by atoms with Gasteiger partial charge in [-0.25, -0.2) is 17.8 Å². The molecule has 120 valence electrons. The molecule has 0 aliphatic rings. The van der Waals surface area contributed by atoms with Gasteiger partial charge in [0.2, 0.25) is 10.0 Å². The summed E-state index contributed by atoms with van der Waals surface area (Å²) in [6.45, 7) is 2.41. The molecular weight excluding hydrogens is 316 g/mol. The van der Waals surface area contributed by atoms with Crippen molar-refractivity contribution in [2.75, 3.05) is 0 Å². The highest BCUT2D eigenvalue weighted by atomic mass is 32.2. The first-order chi connectivity index (χ1) is 11.0. The number of hydrogen-bond acceptors (Lipinski definition) is 4. The van der Waals surface area contributed by atoms with Crippen LogP contribution < -0.4 is 10.3 Å². The monoisotopic (exact) mass is 332 g/mol. The summed E-state index contributed by atoms with van der Waals surface area (Å²) in [4.78, 5) is 12.2. The molecule has 3 rings (SSSR count). The predicted octanol–water partition coefficient (Wildman–Crippen LogP) is 0.994. The summed E-state index contributed by atoms with van der Waals surface area (Å²) in [6, 6.07) is 10.6. The minimum Gasteiger partial charge on any atom is -0.300 e. The Bertz CT molecular complexity index is 990. The van der Waals surface area contributed by atoms with Crippen LogP contribution in [-0.2, 0) is 23.1 Å². The summed E-state index contributed by atoms with van der Waals surface area (Å²) >= 11 is 0. The molecule has 0 radical (unpaired) electrons. The van der Waals surface area contributed by atoms with Gasteiger partial charge in [-0.3, -0.25) is 9.20 Å². The van der Waals surface area contributed by atoms with Crippen molar-refractivity contribution in [2.45, 2.75) is 24.9 Å². The first-order valence-electron chi connectivity index (χ1n) is 7.12. The third-order valence-corrected chi connectivity index (χ3v) is 4.88. The SMILES string of the molecule is CCn1ncn2cc(S(=O)(=O)NCc3ccccc3)cc2c1=O. The number of aromatic nitrogens is 3. The Kier molecular flexibility index (Phi) is 4.01. The molecule has 0 unspecified atom stereocenters. The van der Waals surface area contributed by atoms with Crippen LogP contribution in [-0.4, -0.2) is 22.6 Å². The van der Waals surface area contributed by atoms with E-state index in [-0.39, 0.29) is 22.5 Å². The van der Waals surface area contributed by atoms with E-state index in [1.807, 2.05) is 30.3 Å². The zero-order valence-electron chi connectivity index (χ0n) is 12.5. The lowest BCUT2D eigenvalue weighted by Gasteiger charge is -2.04. The minimum absolute atomic E-state index is 0.0428. The molecule has 0 bridgehead atoms. The molecule has 2 aromatic heterocycles. The Morgan fingerprint density at radius 2 is 1.96 bits per heavy atom. The largest absolute Gasteiger partial charge is 0.300 e. The lowest BCUT2D eigenvalue weighted by molar-refractivity contribution is 0.581. The molecule has 3 aromatic rings. The molecule has 0 spiro atoms. The maximum Gasteiger partial charge on any atom is 0.291 e. The second kappa shape index (κ2) is 5.98. The number of aryl methyl sites for hydroxylation is 1. The van der Waals surface area contributed by atoms with E-state index in [1.165, 1.54) is 27.7 Å². The second-order valence-electron chi connectivity index (χ2n) is 5.03. The number of sulfonamides is 1. The van der Waals surface area contributed by atoms with Gasteiger partial charge in [0.1, 0.15) is 16.7 Å². The fraction of sp³-hybridized carbons (Fsp3) is 0.200. The lowest BCUT2D eigenvalue weighted by atomic mass is 10.2. The second-order valence-corrected chi connectivity index (χ2v) is 6.80. The van der Waals surface area contributed by atoms with Crippen molar-refractivity contribution in [3.8, 4) is 0 Å². The number of rotatable bonds is 5. The van der Waals surface area contributed by atoms with Crippen LogP contribution in [0.5, 0.6) is 0 Å². The molecule has 0 amide bonds. The van der Waals surface area contributed by atoms with Crippen LogP contribution in [0.4, 0.5) is 0 Å². The van der Waals surface area contributed by atoms with Crippen molar-refractivity contribution in [2.24, 2.45) is 0 Å². The van der Waals surface area contributed by atoms with E-state index in [0.717, 1.165) is 5.56 Å². The summed E-state index contributed by atoms with van der Waals surface area (Å²) in [7, 11) is -3.70. The molecule has 2 heterocycles. The van der Waals surface area contributed by atoms with Gasteiger partial charge in [0.05, 0.1) is 0 Å². The summed E-state index contributed by atoms with van der Waals surface area (Å²) in [6.07, 6.45) is 2.81. The van der Waals surface area contributed by atoms with Crippen LogP contribution in [0.2, 0.25) is 0 Å². The van der Waals surface area contributed by atoms with Gasteiger partial charge in [0.15, 0.2) is 0 Å². The van der Waals surface area contributed by atoms with E-state index in [2.05, 4.69) is 9.82 Å². The molecule has 1 N–H and O–H groups in total. The van der Waals surface area contributed by atoms with E-state index in [0.29, 0.717) is 6.54 Å². The van der Waals surface area contributed by atoms with E-state index in [1.54, 1.807) is 6.92 Å². The Morgan fingerprint density at radius 1 is 1.22 bits per heavy atom. The van der Waals surface area contributed by atoms with Crippen molar-refractivity contribution in [3.05, 3.63) is 64.8 Å². The van der Waals surface area contributed by atoms with Crippen molar-refractivity contribution in [3.63, 3.8) is 0 Å². The van der Waals surface area contributed by atoms with Gasteiger partial charge in [-0.15, -0.1) is 0 Å². The van der Waals surface area contributed by atoms with Crippen LogP contribution in [0.15, 0.2) is 58.6 Å². The Balaban J connectivity index is 1.92. The van der Waals surface area contributed by atoms with E-state index in [9.17, 15) is 13.2 Å². The molecular formula is C15H16N4O3S. The van der Waals surface area contributed by atoms with Gasteiger partial charge < -0.3 is 0 Å². The molecule has 0 aliphatic heterocycles. The highest BCUT2D eigenvalue weighted by Gasteiger charge is 2.17. The number of fused-ring (bicyclic) bond motifs is 1. The normalized spacial score (nSPS) is 11.9. The van der Waals surface area contributed by atoms with E-state index >= 15 is 0 Å². The van der Waals surface area contributed by atoms with Gasteiger partial charge in [-0.2, -0.15) is 5.10 Å². The van der Waals surface area contributed by atoms with Crippen LogP contribution in [0.25, 0.3) is 5.52 Å². The first-order valence-corrected chi connectivity index (χ1v) is 8.61. The van der Waals surface area contributed by atoms with E-state index < -0.39 is 10.0 Å². The molecule has 7 nitrogen and oxygen atoms in total. The van der Waals surface area contributed by atoms with Crippen LogP contribution in [0.1, 0.15) is 12.5 Å². The molecule has 1 aromatic carbocycles. The Hall–Kier alpha value is -2.45.